The third-order valence-electron chi connectivity index (χ3n) is 5.40. The van der Waals surface area contributed by atoms with E-state index in [0.29, 0.717) is 0 Å². The summed E-state index contributed by atoms with van der Waals surface area (Å²) in [5.41, 5.74) is 0.832. The van der Waals surface area contributed by atoms with E-state index in [1.165, 1.54) is 19.3 Å². The van der Waals surface area contributed by atoms with Crippen LogP contribution in [0.15, 0.2) is 36.8 Å². The van der Waals surface area contributed by atoms with Crippen LogP contribution >= 0.6 is 0 Å². The molecular formula is C20H26N6O. The van der Waals surface area contributed by atoms with E-state index < -0.39 is 0 Å². The molecule has 0 unspecified atom stereocenters. The predicted molar refractivity (Wildman–Crippen MR) is 106 cm³/mol. The molecule has 0 aromatic carbocycles. The van der Waals surface area contributed by atoms with E-state index >= 15 is 0 Å². The summed E-state index contributed by atoms with van der Waals surface area (Å²) in [6.45, 7) is 3.62. The van der Waals surface area contributed by atoms with Crippen molar-refractivity contribution in [3.63, 3.8) is 0 Å². The molecule has 0 spiro atoms. The normalized spacial score (nSPS) is 18.4. The Morgan fingerprint density at radius 1 is 0.889 bits per heavy atom. The number of aromatic nitrogens is 3. The monoisotopic (exact) mass is 366 g/mol. The number of rotatable bonds is 4. The molecule has 0 radical (unpaired) electrons. The molecule has 1 amide bonds. The second-order valence-corrected chi connectivity index (χ2v) is 7.22. The second kappa shape index (κ2) is 8.33. The lowest BCUT2D eigenvalue weighted by atomic mass is 9.96. The molecule has 2 aromatic heterocycles. The van der Waals surface area contributed by atoms with Gasteiger partial charge in [0.05, 0.1) is 5.69 Å². The van der Waals surface area contributed by atoms with E-state index in [0.717, 1.165) is 56.5 Å². The Balaban J connectivity index is 1.37. The van der Waals surface area contributed by atoms with Gasteiger partial charge in [0, 0.05) is 50.7 Å². The molecule has 4 heterocycles. The molecule has 0 atom stereocenters. The number of pyridine rings is 1. The highest BCUT2D eigenvalue weighted by atomic mass is 16.1. The summed E-state index contributed by atoms with van der Waals surface area (Å²) in [6, 6.07) is 5.66. The van der Waals surface area contributed by atoms with Crippen LogP contribution in [0.25, 0.3) is 0 Å². The van der Waals surface area contributed by atoms with Crippen LogP contribution in [0, 0.1) is 5.92 Å². The van der Waals surface area contributed by atoms with Gasteiger partial charge in [-0.15, -0.1) is 0 Å². The summed E-state index contributed by atoms with van der Waals surface area (Å²) in [4.78, 5) is 30.4. The van der Waals surface area contributed by atoms with Gasteiger partial charge in [0.2, 0.25) is 11.9 Å². The molecule has 142 valence electrons. The lowest BCUT2D eigenvalue weighted by molar-refractivity contribution is -0.120. The Morgan fingerprint density at radius 3 is 2.33 bits per heavy atom. The summed E-state index contributed by atoms with van der Waals surface area (Å²) in [5.74, 6) is 1.76. The van der Waals surface area contributed by atoms with Crippen molar-refractivity contribution >= 4 is 23.4 Å². The number of hydrogen-bond donors (Lipinski definition) is 1. The summed E-state index contributed by atoms with van der Waals surface area (Å²) < 4.78 is 0. The molecule has 7 heteroatoms. The zero-order valence-corrected chi connectivity index (χ0v) is 15.5. The van der Waals surface area contributed by atoms with Gasteiger partial charge in [0.25, 0.3) is 0 Å². The number of anilines is 3. The minimum Gasteiger partial charge on any atom is -0.355 e. The van der Waals surface area contributed by atoms with E-state index in [1.807, 2.05) is 18.2 Å². The number of nitrogens with zero attached hydrogens (tertiary/aromatic N) is 5. The maximum absolute atomic E-state index is 12.8. The SMILES string of the molecule is O=C(Nc1cccnc1N1CCCCC1)C1CCN(c2ncccn2)CC1. The highest BCUT2D eigenvalue weighted by Gasteiger charge is 2.27. The van der Waals surface area contributed by atoms with E-state index in [9.17, 15) is 4.79 Å². The van der Waals surface area contributed by atoms with Crippen molar-refractivity contribution in [3.05, 3.63) is 36.8 Å². The molecule has 7 nitrogen and oxygen atoms in total. The first-order valence-electron chi connectivity index (χ1n) is 9.84. The number of carbonyl (C=O) groups is 1. The Labute approximate surface area is 159 Å². The van der Waals surface area contributed by atoms with Crippen molar-refractivity contribution in [3.8, 4) is 0 Å². The lowest BCUT2D eigenvalue weighted by Gasteiger charge is -2.32. The highest BCUT2D eigenvalue weighted by Crippen LogP contribution is 2.28. The van der Waals surface area contributed by atoms with Crippen molar-refractivity contribution in [2.75, 3.05) is 41.3 Å². The van der Waals surface area contributed by atoms with Crippen LogP contribution in [0.3, 0.4) is 0 Å². The first kappa shape index (κ1) is 17.7. The fourth-order valence-corrected chi connectivity index (χ4v) is 3.88. The summed E-state index contributed by atoms with van der Waals surface area (Å²) in [5, 5.41) is 3.14. The molecule has 0 bridgehead atoms. The minimum atomic E-state index is 0.0133. The Bertz CT molecular complexity index is 754. The predicted octanol–water partition coefficient (Wildman–Crippen LogP) is 2.72. The van der Waals surface area contributed by atoms with Crippen molar-refractivity contribution in [1.82, 2.24) is 15.0 Å². The molecule has 27 heavy (non-hydrogen) atoms. The quantitative estimate of drug-likeness (QED) is 0.897. The summed E-state index contributed by atoms with van der Waals surface area (Å²) in [6.07, 6.45) is 10.6. The smallest absolute Gasteiger partial charge is 0.227 e. The third-order valence-corrected chi connectivity index (χ3v) is 5.40. The average Bonchev–Trinajstić information content (AvgIpc) is 2.75. The summed E-state index contributed by atoms with van der Waals surface area (Å²) in [7, 11) is 0. The molecule has 2 aliphatic heterocycles. The molecule has 2 saturated heterocycles. The van der Waals surface area contributed by atoms with Crippen LogP contribution < -0.4 is 15.1 Å². The largest absolute Gasteiger partial charge is 0.355 e. The number of hydrogen-bond acceptors (Lipinski definition) is 6. The molecule has 4 rings (SSSR count). The van der Waals surface area contributed by atoms with Crippen molar-refractivity contribution in [2.45, 2.75) is 32.1 Å². The maximum Gasteiger partial charge on any atom is 0.227 e. The number of amides is 1. The zero-order valence-electron chi connectivity index (χ0n) is 15.5. The topological polar surface area (TPSA) is 74.2 Å². The Kier molecular flexibility index (Phi) is 5.46. The zero-order chi connectivity index (χ0) is 18.5. The van der Waals surface area contributed by atoms with Gasteiger partial charge in [-0.2, -0.15) is 0 Å². The first-order chi connectivity index (χ1) is 13.3. The van der Waals surface area contributed by atoms with Gasteiger partial charge in [0.15, 0.2) is 5.82 Å². The van der Waals surface area contributed by atoms with Crippen LogP contribution in [0.5, 0.6) is 0 Å². The molecular weight excluding hydrogens is 340 g/mol. The van der Waals surface area contributed by atoms with E-state index in [2.05, 4.69) is 30.1 Å². The van der Waals surface area contributed by atoms with Crippen molar-refractivity contribution in [1.29, 1.82) is 0 Å². The lowest BCUT2D eigenvalue weighted by Crippen LogP contribution is -2.39. The molecule has 1 N–H and O–H groups in total. The van der Waals surface area contributed by atoms with Crippen molar-refractivity contribution < 1.29 is 4.79 Å². The van der Waals surface area contributed by atoms with Gasteiger partial charge in [-0.1, -0.05) is 0 Å². The summed E-state index contributed by atoms with van der Waals surface area (Å²) >= 11 is 0. The molecule has 2 aromatic rings. The molecule has 2 fully saturated rings. The number of nitrogens with one attached hydrogen (secondary N) is 1. The van der Waals surface area contributed by atoms with Crippen molar-refractivity contribution in [2.24, 2.45) is 5.92 Å². The Morgan fingerprint density at radius 2 is 1.59 bits per heavy atom. The first-order valence-corrected chi connectivity index (χ1v) is 9.84. The van der Waals surface area contributed by atoms with Crippen LogP contribution in [-0.2, 0) is 4.79 Å². The van der Waals surface area contributed by atoms with E-state index in [-0.39, 0.29) is 11.8 Å². The molecule has 0 aliphatic carbocycles. The van der Waals surface area contributed by atoms with E-state index in [4.69, 9.17) is 0 Å². The third kappa shape index (κ3) is 4.18. The Hall–Kier alpha value is -2.70. The van der Waals surface area contributed by atoms with Gasteiger partial charge in [0.1, 0.15) is 0 Å². The van der Waals surface area contributed by atoms with Crippen LogP contribution in [0.4, 0.5) is 17.5 Å². The average molecular weight is 366 g/mol. The second-order valence-electron chi connectivity index (χ2n) is 7.22. The van der Waals surface area contributed by atoms with Gasteiger partial charge in [-0.05, 0) is 50.3 Å². The van der Waals surface area contributed by atoms with E-state index in [1.54, 1.807) is 18.6 Å². The standard InChI is InChI=1S/C20H26N6O/c27-19(16-7-14-26(15-8-16)20-22-10-5-11-23-20)24-17-6-4-9-21-18(17)25-12-2-1-3-13-25/h4-6,9-11,16H,1-3,7-8,12-15H2,(H,24,27). The number of piperidine rings is 2. The fourth-order valence-electron chi connectivity index (χ4n) is 3.88. The van der Waals surface area contributed by atoms with Gasteiger partial charge in [-0.3, -0.25) is 4.79 Å². The molecule has 0 saturated carbocycles. The molecule has 2 aliphatic rings. The van der Waals surface area contributed by atoms with Crippen LogP contribution in [0.2, 0.25) is 0 Å². The van der Waals surface area contributed by atoms with Gasteiger partial charge in [-0.25, -0.2) is 15.0 Å². The highest BCUT2D eigenvalue weighted by molar-refractivity contribution is 5.95. The fraction of sp³-hybridized carbons (Fsp3) is 0.500. The van der Waals surface area contributed by atoms with Crippen LogP contribution in [-0.4, -0.2) is 47.0 Å². The number of carbonyl (C=O) groups excluding carboxylic acids is 1. The maximum atomic E-state index is 12.8. The van der Waals surface area contributed by atoms with Crippen LogP contribution in [0.1, 0.15) is 32.1 Å². The van der Waals surface area contributed by atoms with Gasteiger partial charge < -0.3 is 15.1 Å². The van der Waals surface area contributed by atoms with Gasteiger partial charge >= 0.3 is 0 Å². The minimum absolute atomic E-state index is 0.0133.